The van der Waals surface area contributed by atoms with Crippen LogP contribution in [0, 0.1) is 12.8 Å². The number of benzene rings is 1. The standard InChI is InChI=1S/C14H19ClFN/c1-10-4-5-11(13(15)7-10)8-14(16)12-3-2-6-17-9-12/h4-5,7,12,14,17H,2-3,6,8-9H2,1H3. The number of alkyl halides is 1. The van der Waals surface area contributed by atoms with E-state index in [2.05, 4.69) is 5.32 Å². The van der Waals surface area contributed by atoms with Crippen molar-refractivity contribution in [2.24, 2.45) is 5.92 Å². The van der Waals surface area contributed by atoms with E-state index < -0.39 is 6.17 Å². The van der Waals surface area contributed by atoms with E-state index in [1.807, 2.05) is 25.1 Å². The van der Waals surface area contributed by atoms with E-state index in [4.69, 9.17) is 11.6 Å². The van der Waals surface area contributed by atoms with Gasteiger partial charge in [0.25, 0.3) is 0 Å². The Morgan fingerprint density at radius 2 is 2.35 bits per heavy atom. The third kappa shape index (κ3) is 3.43. The molecule has 1 saturated heterocycles. The zero-order valence-electron chi connectivity index (χ0n) is 10.2. The van der Waals surface area contributed by atoms with Gasteiger partial charge in [-0.15, -0.1) is 0 Å². The molecule has 2 rings (SSSR count). The fourth-order valence-electron chi connectivity index (χ4n) is 2.38. The molecule has 1 aromatic rings. The predicted molar refractivity (Wildman–Crippen MR) is 70.4 cm³/mol. The Bertz CT molecular complexity index is 374. The van der Waals surface area contributed by atoms with Gasteiger partial charge in [-0.25, -0.2) is 4.39 Å². The van der Waals surface area contributed by atoms with E-state index in [1.165, 1.54) is 0 Å². The fraction of sp³-hybridized carbons (Fsp3) is 0.571. The van der Waals surface area contributed by atoms with E-state index >= 15 is 0 Å². The Morgan fingerprint density at radius 3 is 3.00 bits per heavy atom. The molecule has 1 aromatic carbocycles. The normalized spacial score (nSPS) is 22.4. The van der Waals surface area contributed by atoms with Crippen molar-refractivity contribution >= 4 is 11.6 Å². The van der Waals surface area contributed by atoms with Crippen molar-refractivity contribution in [2.75, 3.05) is 13.1 Å². The largest absolute Gasteiger partial charge is 0.316 e. The highest BCUT2D eigenvalue weighted by Crippen LogP contribution is 2.25. The summed E-state index contributed by atoms with van der Waals surface area (Å²) in [6.45, 7) is 3.81. The SMILES string of the molecule is Cc1ccc(CC(F)C2CCCNC2)c(Cl)c1. The quantitative estimate of drug-likeness (QED) is 0.871. The van der Waals surface area contributed by atoms with Crippen molar-refractivity contribution in [3.8, 4) is 0 Å². The molecule has 3 heteroatoms. The van der Waals surface area contributed by atoms with Crippen molar-refractivity contribution < 1.29 is 4.39 Å². The summed E-state index contributed by atoms with van der Waals surface area (Å²) in [6, 6.07) is 5.84. The highest BCUT2D eigenvalue weighted by molar-refractivity contribution is 6.31. The molecule has 0 spiro atoms. The summed E-state index contributed by atoms with van der Waals surface area (Å²) in [6.07, 6.45) is 1.71. The van der Waals surface area contributed by atoms with Crippen LogP contribution in [0.25, 0.3) is 0 Å². The maximum atomic E-state index is 14.2. The minimum absolute atomic E-state index is 0.140. The van der Waals surface area contributed by atoms with Gasteiger partial charge in [-0.2, -0.15) is 0 Å². The lowest BCUT2D eigenvalue weighted by Gasteiger charge is -2.26. The summed E-state index contributed by atoms with van der Waals surface area (Å²) in [5.41, 5.74) is 2.05. The molecule has 1 aliphatic rings. The van der Waals surface area contributed by atoms with Crippen molar-refractivity contribution in [3.05, 3.63) is 34.3 Å². The lowest BCUT2D eigenvalue weighted by molar-refractivity contribution is 0.191. The first-order chi connectivity index (χ1) is 8.16. The molecule has 17 heavy (non-hydrogen) atoms. The van der Waals surface area contributed by atoms with Crippen LogP contribution in [0.3, 0.4) is 0 Å². The van der Waals surface area contributed by atoms with Gasteiger partial charge < -0.3 is 5.32 Å². The molecule has 1 fully saturated rings. The van der Waals surface area contributed by atoms with Crippen molar-refractivity contribution in [1.82, 2.24) is 5.32 Å². The molecular weight excluding hydrogens is 237 g/mol. The second kappa shape index (κ2) is 5.83. The number of hydrogen-bond acceptors (Lipinski definition) is 1. The molecule has 1 aliphatic heterocycles. The molecule has 0 aliphatic carbocycles. The van der Waals surface area contributed by atoms with Crippen molar-refractivity contribution in [2.45, 2.75) is 32.4 Å². The molecule has 94 valence electrons. The van der Waals surface area contributed by atoms with Crippen LogP contribution < -0.4 is 5.32 Å². The first kappa shape index (κ1) is 12.8. The van der Waals surface area contributed by atoms with Gasteiger partial charge in [0.1, 0.15) is 6.17 Å². The predicted octanol–water partition coefficient (Wildman–Crippen LogP) is 3.53. The van der Waals surface area contributed by atoms with E-state index in [9.17, 15) is 4.39 Å². The monoisotopic (exact) mass is 255 g/mol. The molecular formula is C14H19ClFN. The Kier molecular flexibility index (Phi) is 4.41. The number of rotatable bonds is 3. The fourth-order valence-corrected chi connectivity index (χ4v) is 2.69. The van der Waals surface area contributed by atoms with Gasteiger partial charge in [0, 0.05) is 23.9 Å². The highest BCUT2D eigenvalue weighted by atomic mass is 35.5. The third-order valence-electron chi connectivity index (χ3n) is 3.47. The highest BCUT2D eigenvalue weighted by Gasteiger charge is 2.23. The number of nitrogens with one attached hydrogen (secondary N) is 1. The van der Waals surface area contributed by atoms with Crippen LogP contribution in [-0.2, 0) is 6.42 Å². The van der Waals surface area contributed by atoms with Crippen molar-refractivity contribution in [1.29, 1.82) is 0 Å². The van der Waals surface area contributed by atoms with Gasteiger partial charge in [-0.1, -0.05) is 23.7 Å². The van der Waals surface area contributed by atoms with Crippen LogP contribution in [0.1, 0.15) is 24.0 Å². The number of piperidine rings is 1. The average Bonchev–Trinajstić information content (AvgIpc) is 2.34. The second-order valence-electron chi connectivity index (χ2n) is 4.92. The van der Waals surface area contributed by atoms with Gasteiger partial charge in [0.15, 0.2) is 0 Å². The van der Waals surface area contributed by atoms with E-state index in [0.717, 1.165) is 37.1 Å². The Morgan fingerprint density at radius 1 is 1.53 bits per heavy atom. The van der Waals surface area contributed by atoms with Gasteiger partial charge in [0.2, 0.25) is 0 Å². The summed E-state index contributed by atoms with van der Waals surface area (Å²) in [5.74, 6) is 0.140. The van der Waals surface area contributed by atoms with Crippen LogP contribution in [0.2, 0.25) is 5.02 Å². The van der Waals surface area contributed by atoms with Gasteiger partial charge in [-0.05, 0) is 43.5 Å². The minimum atomic E-state index is -0.789. The van der Waals surface area contributed by atoms with Crippen LogP contribution in [0.15, 0.2) is 18.2 Å². The zero-order chi connectivity index (χ0) is 12.3. The number of aryl methyl sites for hydroxylation is 1. The Hall–Kier alpha value is -0.600. The smallest absolute Gasteiger partial charge is 0.108 e. The molecule has 1 heterocycles. The van der Waals surface area contributed by atoms with Crippen LogP contribution in [0.4, 0.5) is 4.39 Å². The van der Waals surface area contributed by atoms with Gasteiger partial charge >= 0.3 is 0 Å². The first-order valence-corrected chi connectivity index (χ1v) is 6.64. The number of halogens is 2. The molecule has 0 saturated carbocycles. The van der Waals surface area contributed by atoms with Crippen LogP contribution >= 0.6 is 11.6 Å². The molecule has 1 nitrogen and oxygen atoms in total. The lowest BCUT2D eigenvalue weighted by Crippen LogP contribution is -2.35. The zero-order valence-corrected chi connectivity index (χ0v) is 10.9. The molecule has 2 unspecified atom stereocenters. The van der Waals surface area contributed by atoms with Gasteiger partial charge in [0.05, 0.1) is 0 Å². The second-order valence-corrected chi connectivity index (χ2v) is 5.33. The third-order valence-corrected chi connectivity index (χ3v) is 3.82. The minimum Gasteiger partial charge on any atom is -0.316 e. The van der Waals surface area contributed by atoms with Gasteiger partial charge in [-0.3, -0.25) is 0 Å². The average molecular weight is 256 g/mol. The first-order valence-electron chi connectivity index (χ1n) is 6.26. The Labute approximate surface area is 107 Å². The van der Waals surface area contributed by atoms with Crippen LogP contribution in [0.5, 0.6) is 0 Å². The maximum Gasteiger partial charge on any atom is 0.108 e. The Balaban J connectivity index is 1.99. The topological polar surface area (TPSA) is 12.0 Å². The lowest BCUT2D eigenvalue weighted by atomic mass is 9.91. The summed E-state index contributed by atoms with van der Waals surface area (Å²) < 4.78 is 14.2. The maximum absolute atomic E-state index is 14.2. The molecule has 2 atom stereocenters. The summed E-state index contributed by atoms with van der Waals surface area (Å²) in [7, 11) is 0. The number of hydrogen-bond donors (Lipinski definition) is 1. The van der Waals surface area contributed by atoms with Crippen molar-refractivity contribution in [3.63, 3.8) is 0 Å². The van der Waals surface area contributed by atoms with E-state index in [-0.39, 0.29) is 5.92 Å². The summed E-state index contributed by atoms with van der Waals surface area (Å²) in [4.78, 5) is 0. The molecule has 0 amide bonds. The van der Waals surface area contributed by atoms with Crippen LogP contribution in [-0.4, -0.2) is 19.3 Å². The summed E-state index contributed by atoms with van der Waals surface area (Å²) in [5, 5.41) is 3.94. The molecule has 0 bridgehead atoms. The molecule has 0 radical (unpaired) electrons. The van der Waals surface area contributed by atoms with E-state index in [0.29, 0.717) is 11.4 Å². The van der Waals surface area contributed by atoms with E-state index in [1.54, 1.807) is 0 Å². The molecule has 0 aromatic heterocycles. The summed E-state index contributed by atoms with van der Waals surface area (Å²) >= 11 is 6.13. The molecule has 1 N–H and O–H groups in total.